The molecule has 2 aliphatic rings. The molecule has 0 saturated carbocycles. The molecule has 2 amide bonds. The molecular formula is C20H27N3O2. The number of piperidine rings is 1. The molecule has 0 spiro atoms. The van der Waals surface area contributed by atoms with Gasteiger partial charge >= 0.3 is 0 Å². The molecule has 5 heteroatoms. The van der Waals surface area contributed by atoms with Crippen molar-refractivity contribution in [2.75, 3.05) is 25.0 Å². The summed E-state index contributed by atoms with van der Waals surface area (Å²) in [7, 11) is 0. The number of likely N-dealkylation sites (tertiary alicyclic amines) is 1. The van der Waals surface area contributed by atoms with Crippen molar-refractivity contribution in [3.63, 3.8) is 0 Å². The van der Waals surface area contributed by atoms with Crippen LogP contribution in [0.3, 0.4) is 0 Å². The van der Waals surface area contributed by atoms with Crippen molar-refractivity contribution in [1.29, 1.82) is 0 Å². The third kappa shape index (κ3) is 5.71. The Labute approximate surface area is 149 Å². The molecule has 1 fully saturated rings. The lowest BCUT2D eigenvalue weighted by atomic mass is 10.0. The van der Waals surface area contributed by atoms with E-state index in [9.17, 15) is 9.59 Å². The fourth-order valence-corrected chi connectivity index (χ4v) is 3.55. The number of anilines is 1. The fourth-order valence-electron chi connectivity index (χ4n) is 3.55. The van der Waals surface area contributed by atoms with Crippen molar-refractivity contribution in [3.8, 4) is 0 Å². The highest BCUT2D eigenvalue weighted by Crippen LogP contribution is 2.20. The van der Waals surface area contributed by atoms with Crippen LogP contribution >= 0.6 is 0 Å². The Hall–Kier alpha value is -2.14. The maximum absolute atomic E-state index is 12.1. The third-order valence-electron chi connectivity index (χ3n) is 4.94. The Morgan fingerprint density at radius 3 is 2.48 bits per heavy atom. The molecule has 3 rings (SSSR count). The fraction of sp³-hybridized carbons (Fsp3) is 0.500. The van der Waals surface area contributed by atoms with Crippen LogP contribution in [0.2, 0.25) is 0 Å². The molecule has 5 nitrogen and oxygen atoms in total. The van der Waals surface area contributed by atoms with Crippen LogP contribution in [0.5, 0.6) is 0 Å². The lowest BCUT2D eigenvalue weighted by molar-refractivity contribution is -0.123. The number of carbonyl (C=O) groups is 2. The second-order valence-corrected chi connectivity index (χ2v) is 7.00. The van der Waals surface area contributed by atoms with Crippen LogP contribution in [0, 0.1) is 5.92 Å². The Balaban J connectivity index is 1.34. The first kappa shape index (κ1) is 17.7. The van der Waals surface area contributed by atoms with E-state index >= 15 is 0 Å². The van der Waals surface area contributed by atoms with E-state index in [1.807, 2.05) is 30.3 Å². The standard InChI is InChI=1S/C20H27N3O2/c24-19(14-16-6-4-5-7-16)21-18-10-12-23(13-11-18)15-20(25)22-17-8-2-1-3-9-17/h1-4,6,8-9,16,18H,5,7,10-15H2,(H,21,24)(H,22,25)/t16-/m1/s1. The summed E-state index contributed by atoms with van der Waals surface area (Å²) >= 11 is 0. The summed E-state index contributed by atoms with van der Waals surface area (Å²) in [6.45, 7) is 2.09. The van der Waals surface area contributed by atoms with Gasteiger partial charge in [0.15, 0.2) is 0 Å². The van der Waals surface area contributed by atoms with Crippen LogP contribution in [-0.2, 0) is 9.59 Å². The number of hydrogen-bond acceptors (Lipinski definition) is 3. The molecule has 2 N–H and O–H groups in total. The third-order valence-corrected chi connectivity index (χ3v) is 4.94. The summed E-state index contributed by atoms with van der Waals surface area (Å²) in [6.07, 6.45) is 8.94. The SMILES string of the molecule is O=C(CN1CCC(NC(=O)C[C@@H]2C=CCC2)CC1)Nc1ccccc1. The first-order valence-electron chi connectivity index (χ1n) is 9.22. The minimum Gasteiger partial charge on any atom is -0.353 e. The smallest absolute Gasteiger partial charge is 0.238 e. The highest BCUT2D eigenvalue weighted by atomic mass is 16.2. The van der Waals surface area contributed by atoms with E-state index in [0.717, 1.165) is 44.5 Å². The van der Waals surface area contributed by atoms with Gasteiger partial charge in [-0.05, 0) is 43.7 Å². The Kier molecular flexibility index (Phi) is 6.23. The molecule has 0 bridgehead atoms. The number of nitrogens with one attached hydrogen (secondary N) is 2. The van der Waals surface area contributed by atoms with Crippen LogP contribution in [0.15, 0.2) is 42.5 Å². The molecule has 0 radical (unpaired) electrons. The molecule has 1 aromatic rings. The molecule has 0 unspecified atom stereocenters. The first-order valence-corrected chi connectivity index (χ1v) is 9.22. The number of benzene rings is 1. The maximum Gasteiger partial charge on any atom is 0.238 e. The molecule has 1 aliphatic heterocycles. The van der Waals surface area contributed by atoms with Gasteiger partial charge in [-0.25, -0.2) is 0 Å². The first-order chi connectivity index (χ1) is 12.2. The summed E-state index contributed by atoms with van der Waals surface area (Å²) in [5, 5.41) is 6.08. The number of amides is 2. The lowest BCUT2D eigenvalue weighted by Crippen LogP contribution is -2.46. The van der Waals surface area contributed by atoms with Crippen molar-refractivity contribution in [1.82, 2.24) is 10.2 Å². The molecule has 134 valence electrons. The largest absolute Gasteiger partial charge is 0.353 e. The van der Waals surface area contributed by atoms with E-state index in [1.54, 1.807) is 0 Å². The van der Waals surface area contributed by atoms with Gasteiger partial charge in [0.25, 0.3) is 0 Å². The molecular weight excluding hydrogens is 314 g/mol. The van der Waals surface area contributed by atoms with Gasteiger partial charge in [0, 0.05) is 31.2 Å². The summed E-state index contributed by atoms with van der Waals surface area (Å²) < 4.78 is 0. The molecule has 1 atom stereocenters. The minimum absolute atomic E-state index is 0.0155. The number of allylic oxidation sites excluding steroid dienone is 2. The topological polar surface area (TPSA) is 61.4 Å². The van der Waals surface area contributed by atoms with E-state index in [2.05, 4.69) is 27.7 Å². The van der Waals surface area contributed by atoms with E-state index in [4.69, 9.17) is 0 Å². The summed E-state index contributed by atoms with van der Waals surface area (Å²) in [5.41, 5.74) is 0.829. The molecule has 1 heterocycles. The number of nitrogens with zero attached hydrogens (tertiary/aromatic N) is 1. The zero-order chi connectivity index (χ0) is 17.5. The maximum atomic E-state index is 12.1. The van der Waals surface area contributed by atoms with Gasteiger partial charge in [0.2, 0.25) is 11.8 Å². The highest BCUT2D eigenvalue weighted by molar-refractivity contribution is 5.92. The van der Waals surface area contributed by atoms with Gasteiger partial charge in [-0.1, -0.05) is 30.4 Å². The molecule has 1 aromatic carbocycles. The van der Waals surface area contributed by atoms with E-state index < -0.39 is 0 Å². The predicted molar refractivity (Wildman–Crippen MR) is 99.2 cm³/mol. The predicted octanol–water partition coefficient (Wildman–Crippen LogP) is 2.56. The number of carbonyl (C=O) groups excluding carboxylic acids is 2. The molecule has 0 aromatic heterocycles. The summed E-state index contributed by atoms with van der Waals surface area (Å²) in [5.74, 6) is 0.597. The average molecular weight is 341 g/mol. The van der Waals surface area contributed by atoms with Crippen molar-refractivity contribution in [2.45, 2.75) is 38.1 Å². The van der Waals surface area contributed by atoms with Crippen LogP contribution in [0.25, 0.3) is 0 Å². The van der Waals surface area contributed by atoms with Gasteiger partial charge in [0.05, 0.1) is 6.54 Å². The van der Waals surface area contributed by atoms with E-state index in [0.29, 0.717) is 18.9 Å². The Bertz CT molecular complexity index is 607. The molecule has 25 heavy (non-hydrogen) atoms. The van der Waals surface area contributed by atoms with Crippen molar-refractivity contribution in [3.05, 3.63) is 42.5 Å². The normalized spacial score (nSPS) is 21.2. The highest BCUT2D eigenvalue weighted by Gasteiger charge is 2.23. The van der Waals surface area contributed by atoms with Gasteiger partial charge in [-0.3, -0.25) is 14.5 Å². The van der Waals surface area contributed by atoms with Crippen LogP contribution in [-0.4, -0.2) is 42.4 Å². The lowest BCUT2D eigenvalue weighted by Gasteiger charge is -2.32. The summed E-state index contributed by atoms with van der Waals surface area (Å²) in [4.78, 5) is 26.4. The van der Waals surface area contributed by atoms with Crippen LogP contribution < -0.4 is 10.6 Å². The van der Waals surface area contributed by atoms with Crippen LogP contribution in [0.1, 0.15) is 32.1 Å². The Morgan fingerprint density at radius 2 is 1.80 bits per heavy atom. The average Bonchev–Trinajstić information content (AvgIpc) is 3.10. The summed E-state index contributed by atoms with van der Waals surface area (Å²) in [6, 6.07) is 9.76. The van der Waals surface area contributed by atoms with Crippen LogP contribution in [0.4, 0.5) is 5.69 Å². The number of rotatable bonds is 6. The second kappa shape index (κ2) is 8.81. The quantitative estimate of drug-likeness (QED) is 0.782. The molecule has 1 aliphatic carbocycles. The van der Waals surface area contributed by atoms with Gasteiger partial charge in [0.1, 0.15) is 0 Å². The molecule has 1 saturated heterocycles. The number of hydrogen-bond donors (Lipinski definition) is 2. The van der Waals surface area contributed by atoms with Gasteiger partial charge in [-0.15, -0.1) is 0 Å². The van der Waals surface area contributed by atoms with Crippen molar-refractivity contribution >= 4 is 17.5 Å². The monoisotopic (exact) mass is 341 g/mol. The van der Waals surface area contributed by atoms with Gasteiger partial charge in [-0.2, -0.15) is 0 Å². The zero-order valence-corrected chi connectivity index (χ0v) is 14.6. The van der Waals surface area contributed by atoms with E-state index in [1.165, 1.54) is 0 Å². The zero-order valence-electron chi connectivity index (χ0n) is 14.6. The van der Waals surface area contributed by atoms with Gasteiger partial charge < -0.3 is 10.6 Å². The Morgan fingerprint density at radius 1 is 1.04 bits per heavy atom. The van der Waals surface area contributed by atoms with Crippen molar-refractivity contribution < 1.29 is 9.59 Å². The van der Waals surface area contributed by atoms with E-state index in [-0.39, 0.29) is 17.9 Å². The minimum atomic E-state index is 0.0155. The second-order valence-electron chi connectivity index (χ2n) is 7.00. The number of para-hydroxylation sites is 1. The van der Waals surface area contributed by atoms with Crippen molar-refractivity contribution in [2.24, 2.45) is 5.92 Å².